The zero-order valence-corrected chi connectivity index (χ0v) is 15.7. The largest absolute Gasteiger partial charge is 0.346 e. The number of benzene rings is 1. The van der Waals surface area contributed by atoms with Crippen LogP contribution in [0.1, 0.15) is 76.1 Å². The van der Waals surface area contributed by atoms with Crippen LogP contribution in [0.2, 0.25) is 0 Å². The smallest absolute Gasteiger partial charge is 0.184 e. The number of hydrogen-bond donors (Lipinski definition) is 0. The van der Waals surface area contributed by atoms with Crippen molar-refractivity contribution in [3.8, 4) is 0 Å². The van der Waals surface area contributed by atoms with E-state index in [-0.39, 0.29) is 14.2 Å². The fourth-order valence-electron chi connectivity index (χ4n) is 4.79. The summed E-state index contributed by atoms with van der Waals surface area (Å²) in [5.74, 6) is 0. The molecule has 0 atom stereocenters. The van der Waals surface area contributed by atoms with E-state index in [2.05, 4.69) is 24.3 Å². The van der Waals surface area contributed by atoms with Gasteiger partial charge >= 0.3 is 0 Å². The first-order valence-corrected chi connectivity index (χ1v) is 11.5. The van der Waals surface area contributed by atoms with Crippen molar-refractivity contribution in [3.63, 3.8) is 0 Å². The Morgan fingerprint density at radius 2 is 1.17 bits per heavy atom. The Morgan fingerprint density at radius 3 is 1.67 bits per heavy atom. The van der Waals surface area contributed by atoms with E-state index >= 15 is 0 Å². The lowest BCUT2D eigenvalue weighted by Gasteiger charge is -2.38. The maximum absolute atomic E-state index is 5.66. The number of hydrogen-bond acceptors (Lipinski definition) is 2. The molecule has 0 aromatic heterocycles. The second-order valence-corrected chi connectivity index (χ2v) is 10.4. The van der Waals surface area contributed by atoms with Gasteiger partial charge in [0.1, 0.15) is 0 Å². The zero-order chi connectivity index (χ0) is 16.2. The molecular formula is C21H31O2P. The van der Waals surface area contributed by atoms with Crippen LogP contribution in [0.5, 0.6) is 0 Å². The lowest BCUT2D eigenvalue weighted by atomic mass is 9.99. The zero-order valence-electron chi connectivity index (χ0n) is 14.8. The molecule has 132 valence electrons. The number of rotatable bonds is 4. The molecule has 0 bridgehead atoms. The van der Waals surface area contributed by atoms with Gasteiger partial charge in [-0.25, -0.2) is 0 Å². The van der Waals surface area contributed by atoms with Crippen LogP contribution in [-0.2, 0) is 9.47 Å². The van der Waals surface area contributed by atoms with Gasteiger partial charge in [-0.3, -0.25) is 0 Å². The minimum Gasteiger partial charge on any atom is -0.346 e. The molecule has 0 spiro atoms. The van der Waals surface area contributed by atoms with Crippen molar-refractivity contribution in [1.29, 1.82) is 0 Å². The summed E-state index contributed by atoms with van der Waals surface area (Å²) in [5.41, 5.74) is 3.14. The molecule has 0 radical (unpaired) electrons. The average molecular weight is 346 g/mol. The molecule has 2 nitrogen and oxygen atoms in total. The molecule has 3 aliphatic rings. The maximum atomic E-state index is 5.66. The third-order valence-electron chi connectivity index (χ3n) is 6.02. The van der Waals surface area contributed by atoms with Crippen LogP contribution in [0, 0.1) is 0 Å². The summed E-state index contributed by atoms with van der Waals surface area (Å²) < 4.78 is 11.3. The van der Waals surface area contributed by atoms with Gasteiger partial charge in [0, 0.05) is 5.56 Å². The Morgan fingerprint density at radius 1 is 0.667 bits per heavy atom. The molecule has 1 aromatic carbocycles. The van der Waals surface area contributed by atoms with E-state index in [0.717, 1.165) is 24.5 Å². The van der Waals surface area contributed by atoms with Gasteiger partial charge in [0.25, 0.3) is 0 Å². The first kappa shape index (κ1) is 17.0. The SMILES string of the molecule is c1cc(P(C2CCCCC2)C2CCCCC2)ccc1C1OCCO1. The minimum absolute atomic E-state index is 0.00171. The summed E-state index contributed by atoms with van der Waals surface area (Å²) >= 11 is 0. The monoisotopic (exact) mass is 346 g/mol. The second-order valence-electron chi connectivity index (χ2n) is 7.66. The molecule has 4 rings (SSSR count). The Labute approximate surface area is 148 Å². The molecule has 0 unspecified atom stereocenters. The van der Waals surface area contributed by atoms with Gasteiger partial charge in [-0.2, -0.15) is 0 Å². The van der Waals surface area contributed by atoms with E-state index in [1.807, 2.05) is 0 Å². The molecule has 0 amide bonds. The third-order valence-corrected chi connectivity index (χ3v) is 9.52. The van der Waals surface area contributed by atoms with Crippen molar-refractivity contribution in [2.45, 2.75) is 81.8 Å². The molecule has 3 heteroatoms. The lowest BCUT2D eigenvalue weighted by molar-refractivity contribution is -0.0441. The Bertz CT molecular complexity index is 479. The van der Waals surface area contributed by atoms with Gasteiger partial charge in [0.2, 0.25) is 0 Å². The van der Waals surface area contributed by atoms with E-state index in [0.29, 0.717) is 0 Å². The van der Waals surface area contributed by atoms with Crippen molar-refractivity contribution >= 4 is 13.2 Å². The lowest BCUT2D eigenvalue weighted by Crippen LogP contribution is -2.26. The highest BCUT2D eigenvalue weighted by atomic mass is 31.1. The van der Waals surface area contributed by atoms with E-state index in [9.17, 15) is 0 Å². The average Bonchev–Trinajstić information content (AvgIpc) is 3.19. The summed E-state index contributed by atoms with van der Waals surface area (Å²) in [6.45, 7) is 1.45. The summed E-state index contributed by atoms with van der Waals surface area (Å²) in [6.07, 6.45) is 14.5. The minimum atomic E-state index is -0.130. The van der Waals surface area contributed by atoms with Gasteiger partial charge in [-0.1, -0.05) is 70.7 Å². The summed E-state index contributed by atoms with van der Waals surface area (Å²) in [7, 11) is 0.00171. The van der Waals surface area contributed by atoms with Gasteiger partial charge in [0.15, 0.2) is 6.29 Å². The fraction of sp³-hybridized carbons (Fsp3) is 0.714. The first-order chi connectivity index (χ1) is 11.9. The highest BCUT2D eigenvalue weighted by molar-refractivity contribution is 7.67. The summed E-state index contributed by atoms with van der Waals surface area (Å²) in [4.78, 5) is 0. The van der Waals surface area contributed by atoms with Crippen molar-refractivity contribution in [3.05, 3.63) is 29.8 Å². The van der Waals surface area contributed by atoms with Crippen molar-refractivity contribution in [1.82, 2.24) is 0 Å². The Hall–Kier alpha value is -0.430. The van der Waals surface area contributed by atoms with Crippen LogP contribution in [0.25, 0.3) is 0 Å². The van der Waals surface area contributed by atoms with Crippen LogP contribution in [0.3, 0.4) is 0 Å². The molecule has 1 saturated heterocycles. The van der Waals surface area contributed by atoms with Gasteiger partial charge in [-0.15, -0.1) is 0 Å². The van der Waals surface area contributed by atoms with E-state index < -0.39 is 0 Å². The summed E-state index contributed by atoms with van der Waals surface area (Å²) in [5, 5.41) is 1.64. The summed E-state index contributed by atoms with van der Waals surface area (Å²) in [6, 6.07) is 9.36. The van der Waals surface area contributed by atoms with E-state index in [1.54, 1.807) is 5.30 Å². The molecular weight excluding hydrogens is 315 g/mol. The fourth-order valence-corrected chi connectivity index (χ4v) is 8.57. The molecule has 2 saturated carbocycles. The molecule has 0 N–H and O–H groups in total. The van der Waals surface area contributed by atoms with Crippen molar-refractivity contribution in [2.75, 3.05) is 13.2 Å². The molecule has 24 heavy (non-hydrogen) atoms. The van der Waals surface area contributed by atoms with Crippen LogP contribution in [-0.4, -0.2) is 24.5 Å². The van der Waals surface area contributed by atoms with Crippen molar-refractivity contribution in [2.24, 2.45) is 0 Å². The van der Waals surface area contributed by atoms with Crippen LogP contribution in [0.4, 0.5) is 0 Å². The third kappa shape index (κ3) is 3.87. The molecule has 1 aliphatic heterocycles. The topological polar surface area (TPSA) is 18.5 Å². The van der Waals surface area contributed by atoms with Crippen LogP contribution < -0.4 is 5.30 Å². The van der Waals surface area contributed by atoms with Crippen molar-refractivity contribution < 1.29 is 9.47 Å². The molecule has 2 aliphatic carbocycles. The molecule has 3 fully saturated rings. The van der Waals surface area contributed by atoms with Gasteiger partial charge in [0.05, 0.1) is 13.2 Å². The highest BCUT2D eigenvalue weighted by Gasteiger charge is 2.32. The van der Waals surface area contributed by atoms with Gasteiger partial charge < -0.3 is 9.47 Å². The van der Waals surface area contributed by atoms with Gasteiger partial charge in [-0.05, 0) is 42.3 Å². The first-order valence-electron chi connectivity index (χ1n) is 10.0. The highest BCUT2D eigenvalue weighted by Crippen LogP contribution is 2.54. The van der Waals surface area contributed by atoms with Crippen LogP contribution >= 0.6 is 7.92 Å². The predicted octanol–water partition coefficient (Wildman–Crippen LogP) is 5.50. The molecule has 1 aromatic rings. The second kappa shape index (κ2) is 8.30. The van der Waals surface area contributed by atoms with Crippen LogP contribution in [0.15, 0.2) is 24.3 Å². The number of ether oxygens (including phenoxy) is 2. The Kier molecular flexibility index (Phi) is 5.88. The maximum Gasteiger partial charge on any atom is 0.184 e. The normalized spacial score (nSPS) is 24.7. The Balaban J connectivity index is 1.54. The van der Waals surface area contributed by atoms with E-state index in [4.69, 9.17) is 9.47 Å². The predicted molar refractivity (Wildman–Crippen MR) is 101 cm³/mol. The standard InChI is InChI=1S/C21H31O2P/c1-3-7-18(8-4-1)24(19-9-5-2-6-10-19)20-13-11-17(12-14-20)21-22-15-16-23-21/h11-14,18-19,21H,1-10,15-16H2. The molecule has 1 heterocycles. The van der Waals surface area contributed by atoms with E-state index in [1.165, 1.54) is 69.8 Å². The quantitative estimate of drug-likeness (QED) is 0.670.